The molecule has 6 heteroatoms. The molecule has 1 aliphatic carbocycles. The van der Waals surface area contributed by atoms with E-state index in [1.54, 1.807) is 7.11 Å². The Balaban J connectivity index is 2.08. The maximum absolute atomic E-state index is 12.6. The van der Waals surface area contributed by atoms with E-state index in [4.69, 9.17) is 9.47 Å². The summed E-state index contributed by atoms with van der Waals surface area (Å²) in [5.41, 5.74) is -0.588. The van der Waals surface area contributed by atoms with E-state index in [-0.39, 0.29) is 18.1 Å². The molecule has 3 amide bonds. The molecule has 0 bridgehead atoms. The van der Waals surface area contributed by atoms with E-state index in [9.17, 15) is 9.59 Å². The zero-order chi connectivity index (χ0) is 15.6. The summed E-state index contributed by atoms with van der Waals surface area (Å²) in [4.78, 5) is 28.0. The van der Waals surface area contributed by atoms with Gasteiger partial charge in [0.25, 0.3) is 0 Å². The SMILES string of the molecule is COCCCN1C(=O)N(C(=O)OC(C)(C)C)C2CCCC21. The van der Waals surface area contributed by atoms with Crippen molar-refractivity contribution in [3.05, 3.63) is 0 Å². The van der Waals surface area contributed by atoms with Gasteiger partial charge in [-0.25, -0.2) is 14.5 Å². The maximum atomic E-state index is 12.6. The Morgan fingerprint density at radius 1 is 1.29 bits per heavy atom. The molecule has 2 rings (SSSR count). The Morgan fingerprint density at radius 2 is 1.95 bits per heavy atom. The lowest BCUT2D eigenvalue weighted by atomic mass is 10.1. The van der Waals surface area contributed by atoms with Gasteiger partial charge in [0.05, 0.1) is 12.1 Å². The molecule has 1 saturated heterocycles. The van der Waals surface area contributed by atoms with E-state index in [0.29, 0.717) is 13.2 Å². The lowest BCUT2D eigenvalue weighted by molar-refractivity contribution is 0.0293. The molecular weight excluding hydrogens is 272 g/mol. The number of carbonyl (C=O) groups is 2. The molecule has 0 aromatic carbocycles. The van der Waals surface area contributed by atoms with Crippen LogP contribution in [0.3, 0.4) is 0 Å². The second-order valence-electron chi connectivity index (χ2n) is 6.74. The minimum atomic E-state index is -0.588. The molecule has 0 N–H and O–H groups in total. The second-order valence-corrected chi connectivity index (χ2v) is 6.74. The minimum absolute atomic E-state index is 0.0325. The van der Waals surface area contributed by atoms with Crippen LogP contribution >= 0.6 is 0 Å². The van der Waals surface area contributed by atoms with E-state index in [1.165, 1.54) is 4.90 Å². The van der Waals surface area contributed by atoms with Gasteiger partial charge in [-0.2, -0.15) is 0 Å². The number of hydrogen-bond acceptors (Lipinski definition) is 4. The molecule has 0 aromatic rings. The van der Waals surface area contributed by atoms with Gasteiger partial charge in [0.1, 0.15) is 5.60 Å². The number of hydrogen-bond donors (Lipinski definition) is 0. The predicted octanol–water partition coefficient (Wildman–Crippen LogP) is 2.62. The van der Waals surface area contributed by atoms with E-state index in [2.05, 4.69) is 0 Å². The van der Waals surface area contributed by atoms with Gasteiger partial charge in [0, 0.05) is 20.3 Å². The van der Waals surface area contributed by atoms with Crippen LogP contribution in [0.15, 0.2) is 0 Å². The summed E-state index contributed by atoms with van der Waals surface area (Å²) < 4.78 is 10.4. The first kappa shape index (κ1) is 16.1. The van der Waals surface area contributed by atoms with E-state index in [1.807, 2.05) is 25.7 Å². The van der Waals surface area contributed by atoms with Crippen LogP contribution in [0.1, 0.15) is 46.5 Å². The quantitative estimate of drug-likeness (QED) is 0.749. The van der Waals surface area contributed by atoms with Crippen molar-refractivity contribution in [2.24, 2.45) is 0 Å². The van der Waals surface area contributed by atoms with Crippen molar-refractivity contribution in [2.45, 2.75) is 64.1 Å². The number of fused-ring (bicyclic) bond motifs is 1. The Labute approximate surface area is 126 Å². The molecular formula is C15H26N2O4. The lowest BCUT2D eigenvalue weighted by Gasteiger charge is -2.25. The Morgan fingerprint density at radius 3 is 2.57 bits per heavy atom. The van der Waals surface area contributed by atoms with Crippen LogP contribution < -0.4 is 0 Å². The first-order chi connectivity index (χ1) is 9.85. The predicted molar refractivity (Wildman–Crippen MR) is 78.1 cm³/mol. The van der Waals surface area contributed by atoms with Crippen LogP contribution in [0.4, 0.5) is 9.59 Å². The summed E-state index contributed by atoms with van der Waals surface area (Å²) >= 11 is 0. The van der Waals surface area contributed by atoms with Gasteiger partial charge in [-0.1, -0.05) is 0 Å². The highest BCUT2D eigenvalue weighted by Gasteiger charge is 2.51. The topological polar surface area (TPSA) is 59.1 Å². The first-order valence-corrected chi connectivity index (χ1v) is 7.67. The van der Waals surface area contributed by atoms with Crippen molar-refractivity contribution in [2.75, 3.05) is 20.3 Å². The van der Waals surface area contributed by atoms with Gasteiger partial charge in [0.2, 0.25) is 0 Å². The highest BCUT2D eigenvalue weighted by molar-refractivity contribution is 5.93. The zero-order valence-electron chi connectivity index (χ0n) is 13.4. The van der Waals surface area contributed by atoms with Gasteiger partial charge in [-0.15, -0.1) is 0 Å². The molecule has 2 aliphatic rings. The molecule has 2 fully saturated rings. The Hall–Kier alpha value is -1.30. The van der Waals surface area contributed by atoms with Crippen LogP contribution in [-0.2, 0) is 9.47 Å². The average molecular weight is 298 g/mol. The van der Waals surface area contributed by atoms with Gasteiger partial charge >= 0.3 is 12.1 Å². The third kappa shape index (κ3) is 3.48. The van der Waals surface area contributed by atoms with E-state index < -0.39 is 11.7 Å². The van der Waals surface area contributed by atoms with E-state index in [0.717, 1.165) is 25.7 Å². The standard InChI is InChI=1S/C15H26N2O4/c1-15(2,3)21-14(19)17-12-8-5-7-11(12)16(13(17)18)9-6-10-20-4/h11-12H,5-10H2,1-4H3. The molecule has 1 aliphatic heterocycles. The molecule has 2 unspecified atom stereocenters. The smallest absolute Gasteiger partial charge is 0.418 e. The fourth-order valence-corrected chi connectivity index (χ4v) is 3.17. The molecule has 120 valence electrons. The summed E-state index contributed by atoms with van der Waals surface area (Å²) in [5.74, 6) is 0. The van der Waals surface area contributed by atoms with Gasteiger partial charge in [-0.3, -0.25) is 0 Å². The average Bonchev–Trinajstić information content (AvgIpc) is 2.89. The Kier molecular flexibility index (Phi) is 4.76. The van der Waals surface area contributed by atoms with Crippen LogP contribution in [0, 0.1) is 0 Å². The van der Waals surface area contributed by atoms with Crippen molar-refractivity contribution in [1.29, 1.82) is 0 Å². The first-order valence-electron chi connectivity index (χ1n) is 7.67. The third-order valence-corrected chi connectivity index (χ3v) is 3.97. The molecule has 1 heterocycles. The fraction of sp³-hybridized carbons (Fsp3) is 0.867. The molecule has 0 aromatic heterocycles. The van der Waals surface area contributed by atoms with Crippen molar-refractivity contribution in [1.82, 2.24) is 9.80 Å². The van der Waals surface area contributed by atoms with E-state index >= 15 is 0 Å². The number of amides is 3. The number of nitrogens with zero attached hydrogens (tertiary/aromatic N) is 2. The molecule has 0 radical (unpaired) electrons. The number of carbonyl (C=O) groups excluding carboxylic acids is 2. The largest absolute Gasteiger partial charge is 0.443 e. The van der Waals surface area contributed by atoms with Crippen molar-refractivity contribution < 1.29 is 19.1 Å². The summed E-state index contributed by atoms with van der Waals surface area (Å²) in [6.07, 6.45) is 3.15. The molecule has 2 atom stereocenters. The molecule has 6 nitrogen and oxygen atoms in total. The lowest BCUT2D eigenvalue weighted by Crippen LogP contribution is -2.43. The van der Waals surface area contributed by atoms with Gasteiger partial charge in [-0.05, 0) is 46.5 Å². The number of ether oxygens (including phenoxy) is 2. The number of rotatable bonds is 4. The monoisotopic (exact) mass is 298 g/mol. The summed E-state index contributed by atoms with van der Waals surface area (Å²) in [6, 6.07) is -0.105. The Bertz CT molecular complexity index is 405. The molecule has 1 saturated carbocycles. The normalized spacial score (nSPS) is 25.4. The maximum Gasteiger partial charge on any atom is 0.418 e. The number of methoxy groups -OCH3 is 1. The third-order valence-electron chi connectivity index (χ3n) is 3.97. The highest BCUT2D eigenvalue weighted by Crippen LogP contribution is 2.36. The fourth-order valence-electron chi connectivity index (χ4n) is 3.17. The van der Waals surface area contributed by atoms with Gasteiger partial charge < -0.3 is 14.4 Å². The summed E-state index contributed by atoms with van der Waals surface area (Å²) in [6.45, 7) is 6.69. The second kappa shape index (κ2) is 6.22. The minimum Gasteiger partial charge on any atom is -0.443 e. The van der Waals surface area contributed by atoms with Crippen molar-refractivity contribution >= 4 is 12.1 Å². The number of urea groups is 1. The number of imide groups is 1. The van der Waals surface area contributed by atoms with Crippen molar-refractivity contribution in [3.63, 3.8) is 0 Å². The van der Waals surface area contributed by atoms with Crippen molar-refractivity contribution in [3.8, 4) is 0 Å². The van der Waals surface area contributed by atoms with Crippen LogP contribution in [0.2, 0.25) is 0 Å². The van der Waals surface area contributed by atoms with Crippen LogP contribution in [0.5, 0.6) is 0 Å². The molecule has 21 heavy (non-hydrogen) atoms. The molecule has 0 spiro atoms. The van der Waals surface area contributed by atoms with Gasteiger partial charge in [0.15, 0.2) is 0 Å². The van der Waals surface area contributed by atoms with Crippen LogP contribution in [0.25, 0.3) is 0 Å². The summed E-state index contributed by atoms with van der Waals surface area (Å²) in [7, 11) is 1.65. The zero-order valence-corrected chi connectivity index (χ0v) is 13.4. The highest BCUT2D eigenvalue weighted by atomic mass is 16.6. The summed E-state index contributed by atoms with van der Waals surface area (Å²) in [5, 5.41) is 0. The van der Waals surface area contributed by atoms with Crippen LogP contribution in [-0.4, -0.2) is 59.9 Å².